The number of fused-ring (bicyclic) bond motifs is 5. The largest absolute Gasteiger partial charge is 0.513 e. The van der Waals surface area contributed by atoms with E-state index in [-0.39, 0.29) is 11.5 Å². The lowest BCUT2D eigenvalue weighted by molar-refractivity contribution is -0.116. The number of hydrogen-bond donors (Lipinski definition) is 2. The second-order valence-corrected chi connectivity index (χ2v) is 9.64. The Labute approximate surface area is 141 Å². The van der Waals surface area contributed by atoms with Gasteiger partial charge in [0.1, 0.15) is 0 Å². The maximum atomic E-state index is 10.2. The van der Waals surface area contributed by atoms with E-state index in [0.717, 1.165) is 42.9 Å². The van der Waals surface area contributed by atoms with E-state index in [9.17, 15) is 10.2 Å². The van der Waals surface area contributed by atoms with Gasteiger partial charge in [-0.2, -0.15) is 0 Å². The van der Waals surface area contributed by atoms with Crippen molar-refractivity contribution in [1.29, 1.82) is 0 Å². The molecule has 1 unspecified atom stereocenters. The molecule has 0 bridgehead atoms. The second-order valence-electron chi connectivity index (χ2n) is 9.64. The average Bonchev–Trinajstić information content (AvgIpc) is 2.85. The van der Waals surface area contributed by atoms with Crippen molar-refractivity contribution in [2.24, 2.45) is 34.5 Å². The topological polar surface area (TPSA) is 40.5 Å². The minimum atomic E-state index is -0.0449. The van der Waals surface area contributed by atoms with E-state index in [0.29, 0.717) is 11.2 Å². The Balaban J connectivity index is 1.64. The van der Waals surface area contributed by atoms with Gasteiger partial charge >= 0.3 is 0 Å². The van der Waals surface area contributed by atoms with E-state index in [1.165, 1.54) is 44.1 Å². The summed E-state index contributed by atoms with van der Waals surface area (Å²) < 4.78 is 0. The van der Waals surface area contributed by atoms with Crippen LogP contribution in [0.1, 0.15) is 78.6 Å². The van der Waals surface area contributed by atoms with Gasteiger partial charge in [0.05, 0.1) is 11.9 Å². The van der Waals surface area contributed by atoms with Crippen molar-refractivity contribution >= 4 is 0 Å². The first-order valence-electron chi connectivity index (χ1n) is 9.93. The fourth-order valence-electron chi connectivity index (χ4n) is 7.64. The van der Waals surface area contributed by atoms with Gasteiger partial charge in [0.15, 0.2) is 0 Å². The van der Waals surface area contributed by atoms with Crippen LogP contribution in [0.3, 0.4) is 0 Å². The van der Waals surface area contributed by atoms with Crippen LogP contribution in [0.5, 0.6) is 0 Å². The third kappa shape index (κ3) is 2.16. The molecular formula is C21H34O2. The predicted octanol–water partition coefficient (Wildman–Crippen LogP) is 5.22. The first-order chi connectivity index (χ1) is 10.9. The zero-order chi connectivity index (χ0) is 16.4. The van der Waals surface area contributed by atoms with Gasteiger partial charge in [-0.3, -0.25) is 0 Å². The highest BCUT2D eigenvalue weighted by Crippen LogP contribution is 2.67. The van der Waals surface area contributed by atoms with Gasteiger partial charge in [-0.15, -0.1) is 0 Å². The maximum absolute atomic E-state index is 10.2. The SMILES string of the molecule is C/C(O)=C1/CC[C@H]2[C@@H]3CCC4C[C@@H](O)CC[C@]4(C)[C@H]3CC[C@]12C. The van der Waals surface area contributed by atoms with Gasteiger partial charge in [-0.25, -0.2) is 0 Å². The van der Waals surface area contributed by atoms with Crippen molar-refractivity contribution < 1.29 is 10.2 Å². The summed E-state index contributed by atoms with van der Waals surface area (Å²) in [6, 6.07) is 0. The first kappa shape index (κ1) is 16.0. The molecule has 23 heavy (non-hydrogen) atoms. The molecule has 4 fully saturated rings. The molecule has 2 heteroatoms. The Hall–Kier alpha value is -0.500. The Morgan fingerprint density at radius 2 is 1.78 bits per heavy atom. The molecule has 7 atom stereocenters. The summed E-state index contributed by atoms with van der Waals surface area (Å²) in [5, 5.41) is 20.3. The van der Waals surface area contributed by atoms with Crippen LogP contribution in [0, 0.1) is 34.5 Å². The van der Waals surface area contributed by atoms with Crippen molar-refractivity contribution in [3.63, 3.8) is 0 Å². The molecular weight excluding hydrogens is 284 g/mol. The lowest BCUT2D eigenvalue weighted by atomic mass is 9.45. The molecule has 2 N–H and O–H groups in total. The summed E-state index contributed by atoms with van der Waals surface area (Å²) in [5.41, 5.74) is 2.09. The van der Waals surface area contributed by atoms with Gasteiger partial charge < -0.3 is 10.2 Å². The smallest absolute Gasteiger partial charge is 0.0889 e. The van der Waals surface area contributed by atoms with Gasteiger partial charge in [0.2, 0.25) is 0 Å². The number of rotatable bonds is 0. The van der Waals surface area contributed by atoms with Gasteiger partial charge in [0.25, 0.3) is 0 Å². The molecule has 0 aromatic carbocycles. The van der Waals surface area contributed by atoms with Crippen LogP contribution < -0.4 is 0 Å². The van der Waals surface area contributed by atoms with Crippen LogP contribution in [0.25, 0.3) is 0 Å². The van der Waals surface area contributed by atoms with Gasteiger partial charge in [-0.05, 0) is 105 Å². The molecule has 130 valence electrons. The molecule has 0 aromatic heterocycles. The highest BCUT2D eigenvalue weighted by molar-refractivity contribution is 5.25. The van der Waals surface area contributed by atoms with Crippen LogP contribution in [0.4, 0.5) is 0 Å². The fraction of sp³-hybridized carbons (Fsp3) is 0.905. The minimum absolute atomic E-state index is 0.0449. The second kappa shape index (κ2) is 5.25. The Bertz CT molecular complexity index is 520. The van der Waals surface area contributed by atoms with E-state index in [1.807, 2.05) is 6.92 Å². The Morgan fingerprint density at radius 1 is 1.00 bits per heavy atom. The summed E-state index contributed by atoms with van der Waals surface area (Å²) in [6.07, 6.45) is 10.9. The predicted molar refractivity (Wildman–Crippen MR) is 93.1 cm³/mol. The third-order valence-electron chi connectivity index (χ3n) is 8.86. The van der Waals surface area contributed by atoms with Crippen molar-refractivity contribution in [3.8, 4) is 0 Å². The van der Waals surface area contributed by atoms with Crippen molar-refractivity contribution in [1.82, 2.24) is 0 Å². The average molecular weight is 319 g/mol. The zero-order valence-corrected chi connectivity index (χ0v) is 15.1. The van der Waals surface area contributed by atoms with E-state index in [1.54, 1.807) is 0 Å². The summed E-state index contributed by atoms with van der Waals surface area (Å²) in [5.74, 6) is 3.83. The summed E-state index contributed by atoms with van der Waals surface area (Å²) in [4.78, 5) is 0. The lowest BCUT2D eigenvalue weighted by Crippen LogP contribution is -2.53. The summed E-state index contributed by atoms with van der Waals surface area (Å²) in [6.45, 7) is 6.89. The normalized spacial score (nSPS) is 54.9. The Morgan fingerprint density at radius 3 is 2.52 bits per heavy atom. The van der Waals surface area contributed by atoms with Crippen molar-refractivity contribution in [2.75, 3.05) is 0 Å². The van der Waals surface area contributed by atoms with E-state index >= 15 is 0 Å². The number of hydrogen-bond acceptors (Lipinski definition) is 2. The van der Waals surface area contributed by atoms with Crippen molar-refractivity contribution in [2.45, 2.75) is 84.7 Å². The van der Waals surface area contributed by atoms with Crippen LogP contribution in [0.15, 0.2) is 11.3 Å². The van der Waals surface area contributed by atoms with Crippen LogP contribution >= 0.6 is 0 Å². The quantitative estimate of drug-likeness (QED) is 0.601. The molecule has 0 spiro atoms. The summed E-state index contributed by atoms with van der Waals surface area (Å²) in [7, 11) is 0. The highest BCUT2D eigenvalue weighted by Gasteiger charge is 2.59. The molecule has 0 heterocycles. The number of allylic oxidation sites excluding steroid dienone is 2. The van der Waals surface area contributed by atoms with Crippen LogP contribution in [-0.2, 0) is 0 Å². The molecule has 0 aromatic rings. The van der Waals surface area contributed by atoms with Crippen LogP contribution in [0.2, 0.25) is 0 Å². The molecule has 0 amide bonds. The molecule has 4 aliphatic carbocycles. The lowest BCUT2D eigenvalue weighted by Gasteiger charge is -2.60. The standard InChI is InChI=1S/C21H34O2/c1-13(22)17-6-7-18-16-5-4-14-12-15(23)8-10-20(14,2)19(16)9-11-21(17,18)3/h14-16,18-19,22-23H,4-12H2,1-3H3/b17-13+/t14?,15-,16-,18-,19-,20-,21+/m0/s1. The van der Waals surface area contributed by atoms with Crippen molar-refractivity contribution in [3.05, 3.63) is 11.3 Å². The third-order valence-corrected chi connectivity index (χ3v) is 8.86. The number of aliphatic hydroxyl groups is 2. The molecule has 0 radical (unpaired) electrons. The minimum Gasteiger partial charge on any atom is -0.513 e. The summed E-state index contributed by atoms with van der Waals surface area (Å²) >= 11 is 0. The highest BCUT2D eigenvalue weighted by atomic mass is 16.3. The molecule has 4 saturated carbocycles. The maximum Gasteiger partial charge on any atom is 0.0889 e. The molecule has 2 nitrogen and oxygen atoms in total. The van der Waals surface area contributed by atoms with E-state index < -0.39 is 0 Å². The van der Waals surface area contributed by atoms with Gasteiger partial charge in [-0.1, -0.05) is 13.8 Å². The van der Waals surface area contributed by atoms with E-state index in [4.69, 9.17) is 0 Å². The van der Waals surface area contributed by atoms with E-state index in [2.05, 4.69) is 13.8 Å². The first-order valence-corrected chi connectivity index (χ1v) is 9.93. The monoisotopic (exact) mass is 318 g/mol. The number of aliphatic hydroxyl groups excluding tert-OH is 2. The Kier molecular flexibility index (Phi) is 3.65. The molecule has 4 aliphatic rings. The molecule has 4 rings (SSSR count). The molecule has 0 saturated heterocycles. The fourth-order valence-corrected chi connectivity index (χ4v) is 7.64. The van der Waals surface area contributed by atoms with Crippen LogP contribution in [-0.4, -0.2) is 16.3 Å². The zero-order valence-electron chi connectivity index (χ0n) is 15.1. The van der Waals surface area contributed by atoms with Gasteiger partial charge in [0, 0.05) is 0 Å². The molecule has 0 aliphatic heterocycles.